The van der Waals surface area contributed by atoms with E-state index in [0.717, 1.165) is 16.6 Å². The van der Waals surface area contributed by atoms with Crippen LogP contribution in [0.3, 0.4) is 0 Å². The molecular formula is C11H13BrClNO2S. The summed E-state index contributed by atoms with van der Waals surface area (Å²) in [4.78, 5) is 12.8. The molecule has 0 bridgehead atoms. The Morgan fingerprint density at radius 3 is 2.76 bits per heavy atom. The van der Waals surface area contributed by atoms with Crippen LogP contribution in [0.25, 0.3) is 0 Å². The summed E-state index contributed by atoms with van der Waals surface area (Å²) in [6, 6.07) is 3.68. The molecule has 1 N–H and O–H groups in total. The fourth-order valence-electron chi connectivity index (χ4n) is 1.79. The molecule has 1 aliphatic rings. The Kier molecular flexibility index (Phi) is 4.47. The van der Waals surface area contributed by atoms with Gasteiger partial charge in [0.2, 0.25) is 0 Å². The topological polar surface area (TPSA) is 38.3 Å². The van der Waals surface area contributed by atoms with Gasteiger partial charge < -0.3 is 10.1 Å². The molecule has 0 unspecified atom stereocenters. The molecule has 3 nitrogen and oxygen atoms in total. The molecule has 17 heavy (non-hydrogen) atoms. The van der Waals surface area contributed by atoms with E-state index in [0.29, 0.717) is 24.0 Å². The van der Waals surface area contributed by atoms with Crippen molar-refractivity contribution in [2.24, 2.45) is 0 Å². The summed E-state index contributed by atoms with van der Waals surface area (Å²) < 4.78 is 6.26. The number of amides is 1. The summed E-state index contributed by atoms with van der Waals surface area (Å²) in [5, 5.41) is 3.05. The summed E-state index contributed by atoms with van der Waals surface area (Å²) >= 11 is 10.8. The average molecular weight is 339 g/mol. The maximum absolute atomic E-state index is 12.1. The maximum Gasteiger partial charge on any atom is 0.261 e. The fraction of sp³-hybridized carbons (Fsp3) is 0.545. The molecule has 0 saturated carbocycles. The molecule has 0 aromatic carbocycles. The van der Waals surface area contributed by atoms with Crippen LogP contribution in [0, 0.1) is 0 Å². The Hall–Kier alpha value is -0.100. The lowest BCUT2D eigenvalue weighted by Crippen LogP contribution is -2.53. The van der Waals surface area contributed by atoms with Crippen molar-refractivity contribution in [3.63, 3.8) is 0 Å². The third kappa shape index (κ3) is 3.22. The Morgan fingerprint density at radius 2 is 2.24 bits per heavy atom. The molecule has 1 fully saturated rings. The second-order valence-corrected chi connectivity index (χ2v) is 6.81. The van der Waals surface area contributed by atoms with Crippen LogP contribution in [-0.2, 0) is 4.74 Å². The van der Waals surface area contributed by atoms with E-state index in [1.807, 2.05) is 12.1 Å². The van der Waals surface area contributed by atoms with Crippen LogP contribution >= 0.6 is 38.9 Å². The monoisotopic (exact) mass is 337 g/mol. The predicted molar refractivity (Wildman–Crippen MR) is 73.0 cm³/mol. The zero-order chi connectivity index (χ0) is 12.3. The summed E-state index contributed by atoms with van der Waals surface area (Å²) in [6.07, 6.45) is 1.55. The SMILES string of the molecule is O=C(NC1(CCl)CCOCC1)c1ccc(Br)s1. The van der Waals surface area contributed by atoms with Crippen molar-refractivity contribution in [3.05, 3.63) is 20.8 Å². The van der Waals surface area contributed by atoms with E-state index in [2.05, 4.69) is 21.2 Å². The van der Waals surface area contributed by atoms with Crippen molar-refractivity contribution in [2.45, 2.75) is 18.4 Å². The molecule has 1 aromatic heterocycles. The minimum absolute atomic E-state index is 0.0525. The van der Waals surface area contributed by atoms with Crippen molar-refractivity contribution in [2.75, 3.05) is 19.1 Å². The van der Waals surface area contributed by atoms with Gasteiger partial charge in [-0.1, -0.05) is 0 Å². The molecule has 1 amide bonds. The molecule has 0 atom stereocenters. The van der Waals surface area contributed by atoms with Crippen LogP contribution in [0.5, 0.6) is 0 Å². The van der Waals surface area contributed by atoms with E-state index in [9.17, 15) is 4.79 Å². The number of carbonyl (C=O) groups is 1. The number of hydrogen-bond acceptors (Lipinski definition) is 3. The van der Waals surface area contributed by atoms with Crippen LogP contribution in [-0.4, -0.2) is 30.5 Å². The molecule has 0 aliphatic carbocycles. The minimum atomic E-state index is -0.312. The van der Waals surface area contributed by atoms with E-state index in [1.165, 1.54) is 11.3 Å². The highest BCUT2D eigenvalue weighted by Gasteiger charge is 2.33. The molecule has 1 aromatic rings. The predicted octanol–water partition coefficient (Wildman–Crippen LogP) is 3.03. The zero-order valence-corrected chi connectivity index (χ0v) is 12.3. The lowest BCUT2D eigenvalue weighted by Gasteiger charge is -2.36. The molecular weight excluding hydrogens is 326 g/mol. The zero-order valence-electron chi connectivity index (χ0n) is 9.17. The number of carbonyl (C=O) groups excluding carboxylic acids is 1. The third-order valence-electron chi connectivity index (χ3n) is 2.88. The molecule has 0 radical (unpaired) electrons. The lowest BCUT2D eigenvalue weighted by atomic mass is 9.92. The summed E-state index contributed by atoms with van der Waals surface area (Å²) in [5.41, 5.74) is -0.312. The summed E-state index contributed by atoms with van der Waals surface area (Å²) in [6.45, 7) is 1.31. The highest BCUT2D eigenvalue weighted by Crippen LogP contribution is 2.26. The number of thiophene rings is 1. The number of hydrogen-bond donors (Lipinski definition) is 1. The van der Waals surface area contributed by atoms with Crippen LogP contribution < -0.4 is 5.32 Å². The standard InChI is InChI=1S/C11H13BrClNO2S/c12-9-2-1-8(17-9)10(15)14-11(7-13)3-5-16-6-4-11/h1-2H,3-7H2,(H,14,15). The van der Waals surface area contributed by atoms with Gasteiger partial charge in [0.05, 0.1) is 14.2 Å². The number of rotatable bonds is 3. The van der Waals surface area contributed by atoms with E-state index < -0.39 is 0 Å². The Morgan fingerprint density at radius 1 is 1.53 bits per heavy atom. The molecule has 2 rings (SSSR count). The Bertz CT molecular complexity index is 404. The van der Waals surface area contributed by atoms with Gasteiger partial charge in [0, 0.05) is 19.1 Å². The van der Waals surface area contributed by atoms with Crippen LogP contribution in [0.2, 0.25) is 0 Å². The number of alkyl halides is 1. The first-order valence-electron chi connectivity index (χ1n) is 5.37. The maximum atomic E-state index is 12.1. The van der Waals surface area contributed by atoms with Crippen LogP contribution in [0.4, 0.5) is 0 Å². The number of nitrogens with one attached hydrogen (secondary N) is 1. The van der Waals surface area contributed by atoms with E-state index >= 15 is 0 Å². The third-order valence-corrected chi connectivity index (χ3v) is 5.02. The highest BCUT2D eigenvalue weighted by atomic mass is 79.9. The van der Waals surface area contributed by atoms with Gasteiger partial charge >= 0.3 is 0 Å². The average Bonchev–Trinajstić information content (AvgIpc) is 2.77. The van der Waals surface area contributed by atoms with Crippen molar-refractivity contribution in [3.8, 4) is 0 Å². The van der Waals surface area contributed by atoms with Gasteiger partial charge in [-0.2, -0.15) is 0 Å². The first kappa shape index (κ1) is 13.3. The van der Waals surface area contributed by atoms with E-state index in [-0.39, 0.29) is 11.4 Å². The largest absolute Gasteiger partial charge is 0.381 e. The summed E-state index contributed by atoms with van der Waals surface area (Å²) in [5.74, 6) is 0.373. The number of halogens is 2. The Balaban J connectivity index is 2.05. The molecule has 1 aliphatic heterocycles. The van der Waals surface area contributed by atoms with Gasteiger partial charge in [0.15, 0.2) is 0 Å². The van der Waals surface area contributed by atoms with Gasteiger partial charge in [-0.25, -0.2) is 0 Å². The summed E-state index contributed by atoms with van der Waals surface area (Å²) in [7, 11) is 0. The molecule has 94 valence electrons. The highest BCUT2D eigenvalue weighted by molar-refractivity contribution is 9.11. The lowest BCUT2D eigenvalue weighted by molar-refractivity contribution is 0.0435. The van der Waals surface area contributed by atoms with Crippen LogP contribution in [0.1, 0.15) is 22.5 Å². The second kappa shape index (κ2) is 5.69. The van der Waals surface area contributed by atoms with Crippen molar-refractivity contribution >= 4 is 44.8 Å². The first-order chi connectivity index (χ1) is 8.15. The molecule has 1 saturated heterocycles. The molecule has 0 spiro atoms. The van der Waals surface area contributed by atoms with Crippen LogP contribution in [0.15, 0.2) is 15.9 Å². The molecule has 2 heterocycles. The van der Waals surface area contributed by atoms with E-state index in [1.54, 1.807) is 0 Å². The van der Waals surface area contributed by atoms with E-state index in [4.69, 9.17) is 16.3 Å². The van der Waals surface area contributed by atoms with Crippen molar-refractivity contribution < 1.29 is 9.53 Å². The molecule has 6 heteroatoms. The first-order valence-corrected chi connectivity index (χ1v) is 7.51. The van der Waals surface area contributed by atoms with Gasteiger partial charge in [0.25, 0.3) is 5.91 Å². The smallest absolute Gasteiger partial charge is 0.261 e. The van der Waals surface area contributed by atoms with Crippen molar-refractivity contribution in [1.29, 1.82) is 0 Å². The fourth-order valence-corrected chi connectivity index (χ4v) is 3.41. The number of ether oxygens (including phenoxy) is 1. The van der Waals surface area contributed by atoms with Gasteiger partial charge in [-0.15, -0.1) is 22.9 Å². The van der Waals surface area contributed by atoms with Crippen molar-refractivity contribution in [1.82, 2.24) is 5.32 Å². The Labute approximate surface area is 118 Å². The minimum Gasteiger partial charge on any atom is -0.381 e. The normalized spacial score (nSPS) is 18.9. The van der Waals surface area contributed by atoms with Gasteiger partial charge in [-0.05, 0) is 40.9 Å². The van der Waals surface area contributed by atoms with Gasteiger partial charge in [0.1, 0.15) is 0 Å². The quantitative estimate of drug-likeness (QED) is 0.860. The van der Waals surface area contributed by atoms with Gasteiger partial charge in [-0.3, -0.25) is 4.79 Å². The second-order valence-electron chi connectivity index (χ2n) is 4.08.